The summed E-state index contributed by atoms with van der Waals surface area (Å²) in [7, 11) is -3.25. The number of carbonyl (C=O) groups excluding carboxylic acids is 1. The Morgan fingerprint density at radius 3 is 2.43 bits per heavy atom. The summed E-state index contributed by atoms with van der Waals surface area (Å²) >= 11 is 0. The number of amides is 1. The average molecular weight is 316 g/mol. The molecule has 2 aliphatic heterocycles. The van der Waals surface area contributed by atoms with E-state index in [0.29, 0.717) is 25.3 Å². The van der Waals surface area contributed by atoms with Gasteiger partial charge in [-0.25, -0.2) is 8.42 Å². The van der Waals surface area contributed by atoms with Gasteiger partial charge in [-0.2, -0.15) is 0 Å². The molecule has 6 heteroatoms. The molecule has 2 fully saturated rings. The van der Waals surface area contributed by atoms with Crippen molar-refractivity contribution in [3.05, 3.63) is 0 Å². The molecule has 2 rings (SSSR count). The molecule has 0 saturated carbocycles. The largest absolute Gasteiger partial charge is 0.339 e. The molecular formula is C15H28N2O3S. The summed E-state index contributed by atoms with van der Waals surface area (Å²) < 4.78 is 24.4. The van der Waals surface area contributed by atoms with E-state index in [4.69, 9.17) is 0 Å². The minimum absolute atomic E-state index is 0.0597. The summed E-state index contributed by atoms with van der Waals surface area (Å²) in [6.45, 7) is 6.64. The van der Waals surface area contributed by atoms with Gasteiger partial charge in [0.25, 0.3) is 0 Å². The third-order valence-corrected chi connectivity index (χ3v) is 6.84. The van der Waals surface area contributed by atoms with Gasteiger partial charge >= 0.3 is 0 Å². The van der Waals surface area contributed by atoms with E-state index in [1.807, 2.05) is 18.7 Å². The van der Waals surface area contributed by atoms with Crippen LogP contribution in [0.15, 0.2) is 0 Å². The van der Waals surface area contributed by atoms with Gasteiger partial charge in [0.05, 0.1) is 5.75 Å². The monoisotopic (exact) mass is 316 g/mol. The van der Waals surface area contributed by atoms with Crippen LogP contribution in [0.3, 0.4) is 0 Å². The second-order valence-corrected chi connectivity index (χ2v) is 8.93. The topological polar surface area (TPSA) is 66.5 Å². The van der Waals surface area contributed by atoms with Crippen LogP contribution in [0.25, 0.3) is 0 Å². The standard InChI is InChI=1S/C15H28N2O3S/c1-12(2)17(11-13-6-8-16-9-7-13)15(18)14-5-3-4-10-21(14,19)20/h12-14,16H,3-11H2,1-2H3. The molecule has 0 aliphatic carbocycles. The van der Waals surface area contributed by atoms with Gasteiger partial charge in [-0.15, -0.1) is 0 Å². The Morgan fingerprint density at radius 1 is 1.19 bits per heavy atom. The molecular weight excluding hydrogens is 288 g/mol. The highest BCUT2D eigenvalue weighted by molar-refractivity contribution is 7.92. The van der Waals surface area contributed by atoms with Crippen molar-refractivity contribution in [3.63, 3.8) is 0 Å². The molecule has 122 valence electrons. The van der Waals surface area contributed by atoms with Crippen molar-refractivity contribution in [1.82, 2.24) is 10.2 Å². The SMILES string of the molecule is CC(C)N(CC1CCNCC1)C(=O)C1CCCCS1(=O)=O. The number of carbonyl (C=O) groups is 1. The Hall–Kier alpha value is -0.620. The van der Waals surface area contributed by atoms with Crippen molar-refractivity contribution in [2.45, 2.75) is 57.2 Å². The third kappa shape index (κ3) is 4.19. The number of sulfone groups is 1. The van der Waals surface area contributed by atoms with E-state index >= 15 is 0 Å². The van der Waals surface area contributed by atoms with Crippen molar-refractivity contribution < 1.29 is 13.2 Å². The Kier molecular flexibility index (Phi) is 5.66. The van der Waals surface area contributed by atoms with E-state index in [1.165, 1.54) is 0 Å². The van der Waals surface area contributed by atoms with Gasteiger partial charge < -0.3 is 10.2 Å². The number of piperidine rings is 1. The van der Waals surface area contributed by atoms with E-state index in [1.54, 1.807) is 0 Å². The van der Waals surface area contributed by atoms with Gasteiger partial charge in [0.1, 0.15) is 5.25 Å². The van der Waals surface area contributed by atoms with Crippen LogP contribution in [0.5, 0.6) is 0 Å². The van der Waals surface area contributed by atoms with Crippen LogP contribution in [0, 0.1) is 5.92 Å². The van der Waals surface area contributed by atoms with Crippen LogP contribution in [-0.4, -0.2) is 55.9 Å². The van der Waals surface area contributed by atoms with E-state index in [-0.39, 0.29) is 17.7 Å². The summed E-state index contributed by atoms with van der Waals surface area (Å²) in [5, 5.41) is 2.53. The molecule has 1 unspecified atom stereocenters. The van der Waals surface area contributed by atoms with Gasteiger partial charge in [-0.3, -0.25) is 4.79 Å². The molecule has 2 saturated heterocycles. The predicted molar refractivity (Wildman–Crippen MR) is 83.9 cm³/mol. The minimum Gasteiger partial charge on any atom is -0.339 e. The first-order valence-electron chi connectivity index (χ1n) is 8.14. The maximum Gasteiger partial charge on any atom is 0.241 e. The molecule has 1 N–H and O–H groups in total. The molecule has 2 heterocycles. The Labute approximate surface area is 128 Å². The number of nitrogens with zero attached hydrogens (tertiary/aromatic N) is 1. The molecule has 1 atom stereocenters. The van der Waals surface area contributed by atoms with Crippen molar-refractivity contribution in [2.75, 3.05) is 25.4 Å². The molecule has 0 bridgehead atoms. The van der Waals surface area contributed by atoms with Gasteiger partial charge in [-0.05, 0) is 58.5 Å². The summed E-state index contributed by atoms with van der Waals surface area (Å²) in [4.78, 5) is 14.6. The van der Waals surface area contributed by atoms with Crippen molar-refractivity contribution in [1.29, 1.82) is 0 Å². The van der Waals surface area contributed by atoms with Gasteiger partial charge in [0, 0.05) is 12.6 Å². The molecule has 0 aromatic rings. The fraction of sp³-hybridized carbons (Fsp3) is 0.933. The fourth-order valence-corrected chi connectivity index (χ4v) is 5.17. The number of hydrogen-bond acceptors (Lipinski definition) is 4. The molecule has 0 aromatic heterocycles. The predicted octanol–water partition coefficient (Wildman–Crippen LogP) is 1.19. The number of hydrogen-bond donors (Lipinski definition) is 1. The smallest absolute Gasteiger partial charge is 0.241 e. The van der Waals surface area contributed by atoms with Gasteiger partial charge in [0.15, 0.2) is 9.84 Å². The van der Waals surface area contributed by atoms with Crippen LogP contribution in [0.1, 0.15) is 46.0 Å². The Balaban J connectivity index is 2.07. The first kappa shape index (κ1) is 16.7. The van der Waals surface area contributed by atoms with Crippen molar-refractivity contribution in [3.8, 4) is 0 Å². The highest BCUT2D eigenvalue weighted by atomic mass is 32.2. The van der Waals surface area contributed by atoms with Gasteiger partial charge in [0.2, 0.25) is 5.91 Å². The highest BCUT2D eigenvalue weighted by Gasteiger charge is 2.38. The molecule has 5 nitrogen and oxygen atoms in total. The molecule has 21 heavy (non-hydrogen) atoms. The zero-order valence-corrected chi connectivity index (χ0v) is 14.0. The summed E-state index contributed by atoms with van der Waals surface area (Å²) in [6.07, 6.45) is 4.16. The average Bonchev–Trinajstić information content (AvgIpc) is 2.44. The zero-order valence-electron chi connectivity index (χ0n) is 13.2. The molecule has 0 radical (unpaired) electrons. The van der Waals surface area contributed by atoms with Gasteiger partial charge in [-0.1, -0.05) is 6.42 Å². The van der Waals surface area contributed by atoms with Crippen LogP contribution in [0.2, 0.25) is 0 Å². The maximum atomic E-state index is 12.8. The summed E-state index contributed by atoms with van der Waals surface area (Å²) in [5.74, 6) is 0.495. The van der Waals surface area contributed by atoms with E-state index in [2.05, 4.69) is 5.32 Å². The fourth-order valence-electron chi connectivity index (χ4n) is 3.31. The number of nitrogens with one attached hydrogen (secondary N) is 1. The van der Waals surface area contributed by atoms with Crippen LogP contribution >= 0.6 is 0 Å². The normalized spacial score (nSPS) is 26.7. The third-order valence-electron chi connectivity index (χ3n) is 4.67. The molecule has 0 aromatic carbocycles. The summed E-state index contributed by atoms with van der Waals surface area (Å²) in [6, 6.07) is 0.0597. The van der Waals surface area contributed by atoms with Crippen LogP contribution in [-0.2, 0) is 14.6 Å². The van der Waals surface area contributed by atoms with E-state index in [9.17, 15) is 13.2 Å². The van der Waals surface area contributed by atoms with E-state index in [0.717, 1.165) is 32.4 Å². The molecule has 2 aliphatic rings. The maximum absolute atomic E-state index is 12.8. The lowest BCUT2D eigenvalue weighted by atomic mass is 9.96. The second kappa shape index (κ2) is 7.09. The summed E-state index contributed by atoms with van der Waals surface area (Å²) in [5.41, 5.74) is 0. The molecule has 0 spiro atoms. The first-order chi connectivity index (χ1) is 9.92. The highest BCUT2D eigenvalue weighted by Crippen LogP contribution is 2.24. The number of rotatable bonds is 4. The lowest BCUT2D eigenvalue weighted by molar-refractivity contribution is -0.133. The minimum atomic E-state index is -3.25. The molecule has 1 amide bonds. The quantitative estimate of drug-likeness (QED) is 0.846. The lowest BCUT2D eigenvalue weighted by Gasteiger charge is -2.35. The lowest BCUT2D eigenvalue weighted by Crippen LogP contribution is -2.50. The van der Waals surface area contributed by atoms with E-state index < -0.39 is 15.1 Å². The zero-order chi connectivity index (χ0) is 15.5. The second-order valence-electron chi connectivity index (χ2n) is 6.63. The van der Waals surface area contributed by atoms with Crippen molar-refractivity contribution >= 4 is 15.7 Å². The Morgan fingerprint density at radius 2 is 1.86 bits per heavy atom. The first-order valence-corrected chi connectivity index (χ1v) is 9.86. The Bertz CT molecular complexity index is 456. The van der Waals surface area contributed by atoms with Crippen LogP contribution < -0.4 is 5.32 Å². The van der Waals surface area contributed by atoms with Crippen LogP contribution in [0.4, 0.5) is 0 Å². The van der Waals surface area contributed by atoms with Crippen molar-refractivity contribution in [2.24, 2.45) is 5.92 Å².